The second-order valence-electron chi connectivity index (χ2n) is 5.36. The van der Waals surface area contributed by atoms with E-state index in [1.165, 1.54) is 19.4 Å². The number of pyridine rings is 1. The molecule has 4 heteroatoms. The molecule has 1 aliphatic heterocycles. The lowest BCUT2D eigenvalue weighted by Gasteiger charge is -2.35. The molecule has 2 heterocycles. The first-order valence-corrected chi connectivity index (χ1v) is 6.64. The summed E-state index contributed by atoms with van der Waals surface area (Å²) < 4.78 is 0. The summed E-state index contributed by atoms with van der Waals surface area (Å²) in [5.74, 6) is 0.802. The lowest BCUT2D eigenvalue weighted by Crippen LogP contribution is -2.37. The molecule has 1 fully saturated rings. The summed E-state index contributed by atoms with van der Waals surface area (Å²) in [7, 11) is 4.28. The molecular weight excluding hydrogens is 226 g/mol. The van der Waals surface area contributed by atoms with Gasteiger partial charge in [-0.15, -0.1) is 0 Å². The van der Waals surface area contributed by atoms with Crippen LogP contribution in [-0.2, 0) is 6.61 Å². The van der Waals surface area contributed by atoms with Crippen LogP contribution < -0.4 is 4.90 Å². The maximum absolute atomic E-state index is 9.35. The molecule has 0 amide bonds. The van der Waals surface area contributed by atoms with Crippen LogP contribution in [0.3, 0.4) is 0 Å². The predicted octanol–water partition coefficient (Wildman–Crippen LogP) is 1.35. The van der Waals surface area contributed by atoms with Gasteiger partial charge in [-0.05, 0) is 38.9 Å². The summed E-state index contributed by atoms with van der Waals surface area (Å²) in [5.41, 5.74) is 2.08. The second-order valence-corrected chi connectivity index (χ2v) is 5.36. The molecular formula is C14H23N3O. The van der Waals surface area contributed by atoms with Crippen LogP contribution in [0.5, 0.6) is 0 Å². The quantitative estimate of drug-likeness (QED) is 0.874. The van der Waals surface area contributed by atoms with Crippen molar-refractivity contribution in [2.75, 3.05) is 38.6 Å². The highest BCUT2D eigenvalue weighted by Gasteiger charge is 2.21. The Morgan fingerprint density at radius 2 is 2.11 bits per heavy atom. The number of aromatic nitrogens is 1. The third-order valence-electron chi connectivity index (χ3n) is 3.63. The van der Waals surface area contributed by atoms with Gasteiger partial charge in [0.15, 0.2) is 0 Å². The van der Waals surface area contributed by atoms with Crippen LogP contribution in [0.2, 0.25) is 0 Å². The average Bonchev–Trinajstić information content (AvgIpc) is 2.39. The SMILES string of the molecule is CN(C)CC1CCN(c2ccncc2CO)CC1. The van der Waals surface area contributed by atoms with Crippen LogP contribution in [0, 0.1) is 5.92 Å². The monoisotopic (exact) mass is 249 g/mol. The number of aliphatic hydroxyl groups excluding tert-OH is 1. The summed E-state index contributed by atoms with van der Waals surface area (Å²) in [4.78, 5) is 8.72. The number of piperidine rings is 1. The van der Waals surface area contributed by atoms with Crippen molar-refractivity contribution in [3.63, 3.8) is 0 Å². The summed E-state index contributed by atoms with van der Waals surface area (Å²) in [5, 5.41) is 9.35. The van der Waals surface area contributed by atoms with Crippen LogP contribution in [-0.4, -0.2) is 48.7 Å². The molecule has 0 bridgehead atoms. The third kappa shape index (κ3) is 3.21. The van der Waals surface area contributed by atoms with Gasteiger partial charge in [0.2, 0.25) is 0 Å². The normalized spacial score (nSPS) is 17.4. The van der Waals surface area contributed by atoms with Gasteiger partial charge in [0.1, 0.15) is 0 Å². The average molecular weight is 249 g/mol. The Morgan fingerprint density at radius 3 is 2.72 bits per heavy atom. The van der Waals surface area contributed by atoms with E-state index in [-0.39, 0.29) is 6.61 Å². The number of hydrogen-bond acceptors (Lipinski definition) is 4. The molecule has 0 atom stereocenters. The van der Waals surface area contributed by atoms with Gasteiger partial charge in [-0.25, -0.2) is 0 Å². The Labute approximate surface area is 109 Å². The molecule has 0 radical (unpaired) electrons. The fourth-order valence-corrected chi connectivity index (χ4v) is 2.72. The minimum Gasteiger partial charge on any atom is -0.392 e. The molecule has 1 aromatic rings. The molecule has 18 heavy (non-hydrogen) atoms. The van der Waals surface area contributed by atoms with Crippen molar-refractivity contribution in [1.82, 2.24) is 9.88 Å². The zero-order valence-electron chi connectivity index (χ0n) is 11.3. The first kappa shape index (κ1) is 13.3. The molecule has 1 N–H and O–H groups in total. The molecule has 4 nitrogen and oxygen atoms in total. The van der Waals surface area contributed by atoms with E-state index in [0.29, 0.717) is 0 Å². The molecule has 0 aromatic carbocycles. The summed E-state index contributed by atoms with van der Waals surface area (Å²) in [6.45, 7) is 3.41. The maximum atomic E-state index is 9.35. The van der Waals surface area contributed by atoms with Crippen molar-refractivity contribution in [2.24, 2.45) is 5.92 Å². The van der Waals surface area contributed by atoms with Crippen LogP contribution in [0.25, 0.3) is 0 Å². The highest BCUT2D eigenvalue weighted by Crippen LogP contribution is 2.26. The smallest absolute Gasteiger partial charge is 0.0717 e. The summed E-state index contributed by atoms with van der Waals surface area (Å²) in [6, 6.07) is 2.01. The Balaban J connectivity index is 1.97. The number of rotatable bonds is 4. The van der Waals surface area contributed by atoms with Gasteiger partial charge in [-0.2, -0.15) is 0 Å². The first-order chi connectivity index (χ1) is 8.70. The standard InChI is InChI=1S/C14H23N3O/c1-16(2)10-12-4-7-17(8-5-12)14-3-6-15-9-13(14)11-18/h3,6,9,12,18H,4-5,7-8,10-11H2,1-2H3. The lowest BCUT2D eigenvalue weighted by molar-refractivity contribution is 0.277. The van der Waals surface area contributed by atoms with E-state index in [2.05, 4.69) is 28.9 Å². The molecule has 1 aromatic heterocycles. The minimum atomic E-state index is 0.0702. The highest BCUT2D eigenvalue weighted by molar-refractivity contribution is 5.52. The van der Waals surface area contributed by atoms with E-state index in [1.807, 2.05) is 6.07 Å². The van der Waals surface area contributed by atoms with Gasteiger partial charge >= 0.3 is 0 Å². The van der Waals surface area contributed by atoms with Crippen molar-refractivity contribution >= 4 is 5.69 Å². The molecule has 0 unspecified atom stereocenters. The number of anilines is 1. The van der Waals surface area contributed by atoms with E-state index in [1.54, 1.807) is 12.4 Å². The van der Waals surface area contributed by atoms with Crippen LogP contribution in [0.15, 0.2) is 18.5 Å². The van der Waals surface area contributed by atoms with E-state index < -0.39 is 0 Å². The number of nitrogens with zero attached hydrogens (tertiary/aromatic N) is 3. The molecule has 1 aliphatic rings. The molecule has 1 saturated heterocycles. The van der Waals surface area contributed by atoms with E-state index in [0.717, 1.165) is 30.3 Å². The zero-order valence-corrected chi connectivity index (χ0v) is 11.3. The van der Waals surface area contributed by atoms with Crippen molar-refractivity contribution in [3.8, 4) is 0 Å². The molecule has 2 rings (SSSR count). The fraction of sp³-hybridized carbons (Fsp3) is 0.643. The van der Waals surface area contributed by atoms with E-state index in [9.17, 15) is 5.11 Å². The molecule has 0 saturated carbocycles. The Hall–Kier alpha value is -1.13. The zero-order chi connectivity index (χ0) is 13.0. The second kappa shape index (κ2) is 6.16. The molecule has 0 spiro atoms. The Kier molecular flexibility index (Phi) is 4.55. The van der Waals surface area contributed by atoms with Gasteiger partial charge in [0.25, 0.3) is 0 Å². The van der Waals surface area contributed by atoms with Gasteiger partial charge in [-0.3, -0.25) is 4.98 Å². The van der Waals surface area contributed by atoms with Crippen LogP contribution >= 0.6 is 0 Å². The highest BCUT2D eigenvalue weighted by atomic mass is 16.3. The van der Waals surface area contributed by atoms with Crippen molar-refractivity contribution in [2.45, 2.75) is 19.4 Å². The van der Waals surface area contributed by atoms with Crippen molar-refractivity contribution in [1.29, 1.82) is 0 Å². The van der Waals surface area contributed by atoms with Crippen molar-refractivity contribution in [3.05, 3.63) is 24.0 Å². The van der Waals surface area contributed by atoms with Crippen molar-refractivity contribution < 1.29 is 5.11 Å². The van der Waals surface area contributed by atoms with E-state index >= 15 is 0 Å². The maximum Gasteiger partial charge on any atom is 0.0717 e. The van der Waals surface area contributed by atoms with Gasteiger partial charge in [0.05, 0.1) is 6.61 Å². The Bertz CT molecular complexity index is 373. The first-order valence-electron chi connectivity index (χ1n) is 6.64. The third-order valence-corrected chi connectivity index (χ3v) is 3.63. The van der Waals surface area contributed by atoms with Crippen LogP contribution in [0.1, 0.15) is 18.4 Å². The van der Waals surface area contributed by atoms with E-state index in [4.69, 9.17) is 0 Å². The summed E-state index contributed by atoms with van der Waals surface area (Å²) >= 11 is 0. The minimum absolute atomic E-state index is 0.0702. The lowest BCUT2D eigenvalue weighted by atomic mass is 9.96. The predicted molar refractivity (Wildman–Crippen MR) is 73.7 cm³/mol. The molecule has 0 aliphatic carbocycles. The topological polar surface area (TPSA) is 39.6 Å². The fourth-order valence-electron chi connectivity index (χ4n) is 2.72. The Morgan fingerprint density at radius 1 is 1.39 bits per heavy atom. The van der Waals surface area contributed by atoms with Gasteiger partial charge in [0, 0.05) is 43.3 Å². The van der Waals surface area contributed by atoms with Gasteiger partial charge in [-0.1, -0.05) is 0 Å². The molecule has 100 valence electrons. The largest absolute Gasteiger partial charge is 0.392 e. The van der Waals surface area contributed by atoms with Crippen LogP contribution in [0.4, 0.5) is 5.69 Å². The number of aliphatic hydroxyl groups is 1. The summed E-state index contributed by atoms with van der Waals surface area (Å²) in [6.07, 6.45) is 6.03. The number of hydrogen-bond donors (Lipinski definition) is 1. The van der Waals surface area contributed by atoms with Gasteiger partial charge < -0.3 is 14.9 Å².